The molecule has 0 fully saturated rings. The van der Waals surface area contributed by atoms with Crippen molar-refractivity contribution in [3.8, 4) is 23.0 Å². The number of aryl methyl sites for hydroxylation is 1. The standard InChI is InChI=1S/C19H21N3O3/c1-13-10-16(23-3)17(24-4)11-15(13)12-22(2)19-20-18(25-21-19)14-8-6-5-7-9-14/h5-11H,12H2,1-4H3. The Bertz CT molecular complexity index is 846. The van der Waals surface area contributed by atoms with E-state index in [1.54, 1.807) is 14.2 Å². The third-order valence-electron chi connectivity index (χ3n) is 4.03. The molecule has 0 unspecified atom stereocenters. The smallest absolute Gasteiger partial charge is 0.266 e. The van der Waals surface area contributed by atoms with Gasteiger partial charge >= 0.3 is 0 Å². The van der Waals surface area contributed by atoms with Gasteiger partial charge in [0.05, 0.1) is 14.2 Å². The van der Waals surface area contributed by atoms with Crippen molar-refractivity contribution < 1.29 is 14.0 Å². The second-order valence-electron chi connectivity index (χ2n) is 5.76. The third kappa shape index (κ3) is 3.57. The SMILES string of the molecule is COc1cc(C)c(CN(C)c2noc(-c3ccccc3)n2)cc1OC. The zero-order valence-electron chi connectivity index (χ0n) is 14.8. The van der Waals surface area contributed by atoms with Crippen LogP contribution in [0.4, 0.5) is 5.95 Å². The van der Waals surface area contributed by atoms with E-state index in [2.05, 4.69) is 10.1 Å². The summed E-state index contributed by atoms with van der Waals surface area (Å²) >= 11 is 0. The first-order valence-electron chi connectivity index (χ1n) is 7.94. The van der Waals surface area contributed by atoms with E-state index in [4.69, 9.17) is 14.0 Å². The molecule has 0 saturated carbocycles. The Hall–Kier alpha value is -3.02. The summed E-state index contributed by atoms with van der Waals surface area (Å²) in [6, 6.07) is 13.7. The zero-order chi connectivity index (χ0) is 17.8. The van der Waals surface area contributed by atoms with Gasteiger partial charge in [-0.3, -0.25) is 0 Å². The van der Waals surface area contributed by atoms with Crippen LogP contribution in [0.3, 0.4) is 0 Å². The van der Waals surface area contributed by atoms with Crippen LogP contribution < -0.4 is 14.4 Å². The minimum absolute atomic E-state index is 0.506. The molecule has 3 rings (SSSR count). The average molecular weight is 339 g/mol. The summed E-state index contributed by atoms with van der Waals surface area (Å²) in [5.74, 6) is 2.46. The molecule has 25 heavy (non-hydrogen) atoms. The number of rotatable bonds is 6. The number of nitrogens with zero attached hydrogens (tertiary/aromatic N) is 3. The molecular formula is C19H21N3O3. The molecule has 0 aliphatic heterocycles. The molecule has 0 aliphatic carbocycles. The zero-order valence-corrected chi connectivity index (χ0v) is 14.8. The van der Waals surface area contributed by atoms with Crippen molar-refractivity contribution in [1.82, 2.24) is 10.1 Å². The molecule has 1 heterocycles. The Morgan fingerprint density at radius 3 is 2.40 bits per heavy atom. The predicted octanol–water partition coefficient (Wildman–Crippen LogP) is 3.70. The monoisotopic (exact) mass is 339 g/mol. The van der Waals surface area contributed by atoms with Crippen molar-refractivity contribution in [2.24, 2.45) is 0 Å². The lowest BCUT2D eigenvalue weighted by atomic mass is 10.1. The van der Waals surface area contributed by atoms with Crippen LogP contribution in [0.5, 0.6) is 11.5 Å². The lowest BCUT2D eigenvalue weighted by molar-refractivity contribution is 0.354. The van der Waals surface area contributed by atoms with Crippen molar-refractivity contribution >= 4 is 5.95 Å². The maximum atomic E-state index is 5.39. The lowest BCUT2D eigenvalue weighted by Gasteiger charge is -2.18. The van der Waals surface area contributed by atoms with Gasteiger partial charge in [0.2, 0.25) is 0 Å². The van der Waals surface area contributed by atoms with Gasteiger partial charge in [0.15, 0.2) is 11.5 Å². The van der Waals surface area contributed by atoms with Gasteiger partial charge in [-0.2, -0.15) is 4.98 Å². The summed E-state index contributed by atoms with van der Waals surface area (Å²) in [6.45, 7) is 2.66. The second-order valence-corrected chi connectivity index (χ2v) is 5.76. The third-order valence-corrected chi connectivity index (χ3v) is 4.03. The van der Waals surface area contributed by atoms with E-state index in [0.29, 0.717) is 24.1 Å². The molecule has 0 atom stereocenters. The van der Waals surface area contributed by atoms with Crippen LogP contribution in [0.15, 0.2) is 47.0 Å². The molecule has 0 radical (unpaired) electrons. The first kappa shape index (κ1) is 16.8. The van der Waals surface area contributed by atoms with Crippen LogP contribution >= 0.6 is 0 Å². The molecule has 0 aliphatic rings. The highest BCUT2D eigenvalue weighted by Gasteiger charge is 2.15. The number of ether oxygens (including phenoxy) is 2. The van der Waals surface area contributed by atoms with E-state index in [0.717, 1.165) is 22.4 Å². The Morgan fingerprint density at radius 2 is 1.72 bits per heavy atom. The number of anilines is 1. The number of methoxy groups -OCH3 is 2. The minimum atomic E-state index is 0.506. The highest BCUT2D eigenvalue weighted by atomic mass is 16.5. The Kier molecular flexibility index (Phi) is 4.88. The van der Waals surface area contributed by atoms with Gasteiger partial charge in [0, 0.05) is 19.2 Å². The molecule has 0 N–H and O–H groups in total. The van der Waals surface area contributed by atoms with Crippen molar-refractivity contribution in [2.45, 2.75) is 13.5 Å². The Morgan fingerprint density at radius 1 is 1.04 bits per heavy atom. The van der Waals surface area contributed by atoms with Crippen molar-refractivity contribution in [2.75, 3.05) is 26.2 Å². The largest absolute Gasteiger partial charge is 0.493 e. The maximum Gasteiger partial charge on any atom is 0.266 e. The van der Waals surface area contributed by atoms with E-state index >= 15 is 0 Å². The summed E-state index contributed by atoms with van der Waals surface area (Å²) in [5, 5.41) is 4.08. The average Bonchev–Trinajstić information content (AvgIpc) is 3.14. The molecule has 0 amide bonds. The van der Waals surface area contributed by atoms with Gasteiger partial charge in [-0.25, -0.2) is 0 Å². The Labute approximate surface area is 147 Å². The number of benzene rings is 2. The predicted molar refractivity (Wildman–Crippen MR) is 96.1 cm³/mol. The quantitative estimate of drug-likeness (QED) is 0.682. The second kappa shape index (κ2) is 7.25. The van der Waals surface area contributed by atoms with Crippen LogP contribution in [-0.2, 0) is 6.54 Å². The molecule has 0 spiro atoms. The van der Waals surface area contributed by atoms with Gasteiger partial charge in [0.1, 0.15) is 0 Å². The first-order valence-corrected chi connectivity index (χ1v) is 7.94. The first-order chi connectivity index (χ1) is 12.1. The summed E-state index contributed by atoms with van der Waals surface area (Å²) in [6.07, 6.45) is 0. The number of aromatic nitrogens is 2. The highest BCUT2D eigenvalue weighted by Crippen LogP contribution is 2.31. The van der Waals surface area contributed by atoms with Gasteiger partial charge in [-0.05, 0) is 47.5 Å². The molecule has 6 heteroatoms. The molecule has 130 valence electrons. The summed E-state index contributed by atoms with van der Waals surface area (Å²) in [4.78, 5) is 6.41. The number of hydrogen-bond acceptors (Lipinski definition) is 6. The van der Waals surface area contributed by atoms with Gasteiger partial charge in [-0.15, -0.1) is 0 Å². The van der Waals surface area contributed by atoms with Gasteiger partial charge in [-0.1, -0.05) is 18.2 Å². The van der Waals surface area contributed by atoms with Crippen LogP contribution in [0.1, 0.15) is 11.1 Å². The molecule has 1 aromatic heterocycles. The summed E-state index contributed by atoms with van der Waals surface area (Å²) < 4.78 is 16.1. The molecular weight excluding hydrogens is 318 g/mol. The topological polar surface area (TPSA) is 60.6 Å². The van der Waals surface area contributed by atoms with Gasteiger partial charge < -0.3 is 18.9 Å². The van der Waals surface area contributed by atoms with E-state index in [9.17, 15) is 0 Å². The summed E-state index contributed by atoms with van der Waals surface area (Å²) in [5.41, 5.74) is 3.11. The summed E-state index contributed by atoms with van der Waals surface area (Å²) in [7, 11) is 5.19. The number of hydrogen-bond donors (Lipinski definition) is 0. The van der Waals surface area contributed by atoms with Crippen LogP contribution in [0, 0.1) is 6.92 Å². The van der Waals surface area contributed by atoms with Crippen molar-refractivity contribution in [3.63, 3.8) is 0 Å². The highest BCUT2D eigenvalue weighted by molar-refractivity contribution is 5.54. The van der Waals surface area contributed by atoms with E-state index in [1.807, 2.05) is 61.3 Å². The fourth-order valence-electron chi connectivity index (χ4n) is 2.59. The van der Waals surface area contributed by atoms with E-state index in [1.165, 1.54) is 0 Å². The lowest BCUT2D eigenvalue weighted by Crippen LogP contribution is -2.18. The minimum Gasteiger partial charge on any atom is -0.493 e. The molecule has 6 nitrogen and oxygen atoms in total. The molecule has 3 aromatic rings. The molecule has 0 bridgehead atoms. The normalized spacial score (nSPS) is 10.6. The molecule has 2 aromatic carbocycles. The van der Waals surface area contributed by atoms with Crippen molar-refractivity contribution in [3.05, 3.63) is 53.6 Å². The molecule has 0 saturated heterocycles. The van der Waals surface area contributed by atoms with Crippen molar-refractivity contribution in [1.29, 1.82) is 0 Å². The van der Waals surface area contributed by atoms with E-state index in [-0.39, 0.29) is 0 Å². The van der Waals surface area contributed by atoms with Crippen LogP contribution in [0.25, 0.3) is 11.5 Å². The van der Waals surface area contributed by atoms with Crippen LogP contribution in [0.2, 0.25) is 0 Å². The fourth-order valence-corrected chi connectivity index (χ4v) is 2.59. The van der Waals surface area contributed by atoms with E-state index < -0.39 is 0 Å². The van der Waals surface area contributed by atoms with Gasteiger partial charge in [0.25, 0.3) is 11.8 Å². The maximum absolute atomic E-state index is 5.39. The Balaban J connectivity index is 1.81. The fraction of sp³-hybridized carbons (Fsp3) is 0.263. The van der Waals surface area contributed by atoms with Crippen LogP contribution in [-0.4, -0.2) is 31.4 Å².